The molecule has 0 N–H and O–H groups in total. The molecule has 1 amide bonds. The van der Waals surface area contributed by atoms with Crippen molar-refractivity contribution in [1.82, 2.24) is 0 Å². The van der Waals surface area contributed by atoms with Crippen molar-refractivity contribution in [3.63, 3.8) is 0 Å². The van der Waals surface area contributed by atoms with Gasteiger partial charge in [0.2, 0.25) is 5.91 Å². The van der Waals surface area contributed by atoms with Gasteiger partial charge in [0.1, 0.15) is 0 Å². The first-order chi connectivity index (χ1) is 7.33. The topological polar surface area (TPSA) is 29.4 Å². The van der Waals surface area contributed by atoms with Crippen LogP contribution in [-0.4, -0.2) is 5.91 Å². The van der Waals surface area contributed by atoms with E-state index < -0.39 is 0 Å². The first-order valence-corrected chi connectivity index (χ1v) is 4.93. The molecule has 3 rings (SSSR count). The molecule has 1 aliphatic heterocycles. The maximum Gasteiger partial charge on any atom is 0.250 e. The second-order valence-corrected chi connectivity index (χ2v) is 3.67. The van der Waals surface area contributed by atoms with Crippen LogP contribution < -0.4 is 10.6 Å². The molecule has 0 unspecified atom stereocenters. The van der Waals surface area contributed by atoms with E-state index >= 15 is 0 Å². The summed E-state index contributed by atoms with van der Waals surface area (Å²) < 4.78 is 0. The lowest BCUT2D eigenvalue weighted by Gasteiger charge is -2.01. The number of fused-ring (bicyclic) bond motifs is 2. The fourth-order valence-corrected chi connectivity index (χ4v) is 1.88. The number of benzene rings is 2. The lowest BCUT2D eigenvalue weighted by Crippen LogP contribution is -2.29. The molecule has 72 valence electrons. The van der Waals surface area contributed by atoms with Crippen molar-refractivity contribution in [2.24, 2.45) is 4.99 Å². The molecule has 2 heteroatoms. The summed E-state index contributed by atoms with van der Waals surface area (Å²) in [5.74, 6) is -0.0576. The van der Waals surface area contributed by atoms with E-state index in [9.17, 15) is 4.79 Å². The lowest BCUT2D eigenvalue weighted by atomic mass is 10.1. The molecule has 0 saturated heterocycles. The van der Waals surface area contributed by atoms with E-state index in [4.69, 9.17) is 0 Å². The fourth-order valence-electron chi connectivity index (χ4n) is 1.88. The molecule has 0 aliphatic carbocycles. The van der Waals surface area contributed by atoms with Gasteiger partial charge in [-0.3, -0.25) is 4.79 Å². The van der Waals surface area contributed by atoms with E-state index in [1.54, 1.807) is 0 Å². The Morgan fingerprint density at radius 1 is 1.07 bits per heavy atom. The van der Waals surface area contributed by atoms with E-state index in [2.05, 4.69) is 17.1 Å². The van der Waals surface area contributed by atoms with Crippen LogP contribution in [0.5, 0.6) is 0 Å². The monoisotopic (exact) mass is 195 g/mol. The highest BCUT2D eigenvalue weighted by atomic mass is 16.1. The molecule has 0 spiro atoms. The minimum atomic E-state index is -0.0576. The van der Waals surface area contributed by atoms with Crippen LogP contribution in [0.1, 0.15) is 6.42 Å². The van der Waals surface area contributed by atoms with Crippen LogP contribution >= 0.6 is 0 Å². The predicted molar refractivity (Wildman–Crippen MR) is 58.8 cm³/mol. The van der Waals surface area contributed by atoms with Gasteiger partial charge in [-0.05, 0) is 28.1 Å². The van der Waals surface area contributed by atoms with Crippen molar-refractivity contribution in [1.29, 1.82) is 0 Å². The van der Waals surface area contributed by atoms with Crippen molar-refractivity contribution in [3.8, 4) is 0 Å². The van der Waals surface area contributed by atoms with Crippen molar-refractivity contribution in [3.05, 3.63) is 47.0 Å². The molecule has 0 bridgehead atoms. The van der Waals surface area contributed by atoms with Gasteiger partial charge in [0.25, 0.3) is 0 Å². The van der Waals surface area contributed by atoms with Gasteiger partial charge < -0.3 is 0 Å². The third-order valence-corrected chi connectivity index (χ3v) is 2.64. The Kier molecular flexibility index (Phi) is 1.68. The van der Waals surface area contributed by atoms with Crippen LogP contribution in [0.25, 0.3) is 16.8 Å². The molecule has 0 atom stereocenters. The highest BCUT2D eigenvalue weighted by Crippen LogP contribution is 2.08. The van der Waals surface area contributed by atoms with Gasteiger partial charge in [0.05, 0.1) is 5.36 Å². The van der Waals surface area contributed by atoms with E-state index in [1.165, 1.54) is 5.39 Å². The first kappa shape index (κ1) is 8.36. The normalized spacial score (nSPS) is 14.3. The molecular weight excluding hydrogens is 186 g/mol. The Balaban J connectivity index is 2.49. The molecule has 2 aromatic carbocycles. The maximum atomic E-state index is 11.2. The summed E-state index contributed by atoms with van der Waals surface area (Å²) in [6.07, 6.45) is 2.36. The molecule has 0 fully saturated rings. The zero-order valence-corrected chi connectivity index (χ0v) is 8.10. The van der Waals surface area contributed by atoms with Crippen molar-refractivity contribution < 1.29 is 4.79 Å². The first-order valence-electron chi connectivity index (χ1n) is 4.93. The molecule has 2 nitrogen and oxygen atoms in total. The second-order valence-electron chi connectivity index (χ2n) is 3.67. The average molecular weight is 195 g/mol. The summed E-state index contributed by atoms with van der Waals surface area (Å²) in [6.45, 7) is 0. The van der Waals surface area contributed by atoms with E-state index in [-0.39, 0.29) is 5.91 Å². The summed E-state index contributed by atoms with van der Waals surface area (Å²) in [7, 11) is 0. The highest BCUT2D eigenvalue weighted by Gasteiger charge is 2.03. The van der Waals surface area contributed by atoms with Gasteiger partial charge in [-0.1, -0.05) is 30.3 Å². The molecule has 0 radical (unpaired) electrons. The number of carbonyl (C=O) groups excluding carboxylic acids is 1. The van der Waals surface area contributed by atoms with Gasteiger partial charge >= 0.3 is 0 Å². The summed E-state index contributed by atoms with van der Waals surface area (Å²) in [5.41, 5.74) is 0. The zero-order valence-electron chi connectivity index (χ0n) is 8.10. The van der Waals surface area contributed by atoms with E-state index in [0.29, 0.717) is 6.42 Å². The maximum absolute atomic E-state index is 11.2. The lowest BCUT2D eigenvalue weighted by molar-refractivity contribution is -0.117. The Bertz CT molecular complexity index is 670. The Morgan fingerprint density at radius 3 is 2.60 bits per heavy atom. The molecule has 1 heterocycles. The van der Waals surface area contributed by atoms with Gasteiger partial charge in [0.15, 0.2) is 0 Å². The van der Waals surface area contributed by atoms with Crippen molar-refractivity contribution in [2.75, 3.05) is 0 Å². The number of hydrogen-bond acceptors (Lipinski definition) is 1. The highest BCUT2D eigenvalue weighted by molar-refractivity contribution is 5.86. The summed E-state index contributed by atoms with van der Waals surface area (Å²) >= 11 is 0. The molecule has 1 aliphatic rings. The van der Waals surface area contributed by atoms with Crippen molar-refractivity contribution >= 4 is 22.8 Å². The number of rotatable bonds is 0. The molecule has 0 saturated carbocycles. The van der Waals surface area contributed by atoms with Crippen LogP contribution in [0.4, 0.5) is 0 Å². The number of hydrogen-bond donors (Lipinski definition) is 0. The Hall–Kier alpha value is -1.96. The zero-order chi connectivity index (χ0) is 10.3. The Morgan fingerprint density at radius 2 is 1.80 bits per heavy atom. The van der Waals surface area contributed by atoms with Crippen LogP contribution in [0.15, 0.2) is 41.4 Å². The molecular formula is C13H9NO. The van der Waals surface area contributed by atoms with E-state index in [1.807, 2.05) is 30.3 Å². The standard InChI is InChI=1S/C13H9NO/c15-13-6-5-11-7-9-3-1-2-4-10(9)8-12(11)14-13/h1-5,7-8H,6H2. The number of nitrogens with zero attached hydrogens (tertiary/aromatic N) is 1. The second kappa shape index (κ2) is 3.02. The molecule has 0 aromatic heterocycles. The third kappa shape index (κ3) is 1.34. The van der Waals surface area contributed by atoms with Gasteiger partial charge in [-0.15, -0.1) is 0 Å². The minimum Gasteiger partial charge on any atom is -0.272 e. The third-order valence-electron chi connectivity index (χ3n) is 2.64. The number of amides is 1. The molecule has 2 aromatic rings. The van der Waals surface area contributed by atoms with Gasteiger partial charge in [0, 0.05) is 6.42 Å². The average Bonchev–Trinajstić information content (AvgIpc) is 2.26. The molecule has 15 heavy (non-hydrogen) atoms. The predicted octanol–water partition coefficient (Wildman–Crippen LogP) is 1.17. The summed E-state index contributed by atoms with van der Waals surface area (Å²) in [6, 6.07) is 12.2. The smallest absolute Gasteiger partial charge is 0.250 e. The Labute approximate surface area is 86.6 Å². The largest absolute Gasteiger partial charge is 0.272 e. The van der Waals surface area contributed by atoms with Crippen LogP contribution in [-0.2, 0) is 4.79 Å². The van der Waals surface area contributed by atoms with Crippen LogP contribution in [0, 0.1) is 0 Å². The number of carbonyl (C=O) groups is 1. The van der Waals surface area contributed by atoms with Gasteiger partial charge in [-0.25, -0.2) is 4.99 Å². The quantitative estimate of drug-likeness (QED) is 0.620. The van der Waals surface area contributed by atoms with Crippen LogP contribution in [0.3, 0.4) is 0 Å². The van der Waals surface area contributed by atoms with Crippen molar-refractivity contribution in [2.45, 2.75) is 6.42 Å². The minimum absolute atomic E-state index is 0.0576. The summed E-state index contributed by atoms with van der Waals surface area (Å²) in [5, 5.41) is 4.18. The fraction of sp³-hybridized carbons (Fsp3) is 0.0769. The van der Waals surface area contributed by atoms with E-state index in [0.717, 1.165) is 16.0 Å². The summed E-state index contributed by atoms with van der Waals surface area (Å²) in [4.78, 5) is 15.2. The SMILES string of the molecule is O=C1CC=c2cc3ccccc3cc2=N1. The van der Waals surface area contributed by atoms with Crippen LogP contribution in [0.2, 0.25) is 0 Å². The van der Waals surface area contributed by atoms with Gasteiger partial charge in [-0.2, -0.15) is 0 Å².